The number of aromatic amines is 1. The molecule has 1 fully saturated rings. The van der Waals surface area contributed by atoms with Crippen LogP contribution in [0, 0.1) is 5.41 Å². The van der Waals surface area contributed by atoms with Gasteiger partial charge >= 0.3 is 5.97 Å². The number of ether oxygens (including phenoxy) is 1. The number of nitrogens with one attached hydrogen (secondary N) is 1. The molecule has 1 aromatic heterocycles. The molecule has 1 aliphatic heterocycles. The summed E-state index contributed by atoms with van der Waals surface area (Å²) in [4.78, 5) is 32.5. The number of carbonyl (C=O) groups excluding carboxylic acids is 2. The fourth-order valence-electron chi connectivity index (χ4n) is 4.09. The van der Waals surface area contributed by atoms with Crippen LogP contribution in [0.3, 0.4) is 0 Å². The van der Waals surface area contributed by atoms with Crippen LogP contribution in [0.4, 0.5) is 5.69 Å². The Morgan fingerprint density at radius 3 is 2.71 bits per heavy atom. The van der Waals surface area contributed by atoms with Crippen LogP contribution in [-0.2, 0) is 9.53 Å². The fourth-order valence-corrected chi connectivity index (χ4v) is 4.27. The number of likely N-dealkylation sites (tertiary alicyclic amines) is 1. The van der Waals surface area contributed by atoms with Crippen molar-refractivity contribution in [1.29, 1.82) is 0 Å². The van der Waals surface area contributed by atoms with Crippen LogP contribution < -0.4 is 4.90 Å². The summed E-state index contributed by atoms with van der Waals surface area (Å²) in [7, 11) is 3.02. The molecule has 1 aliphatic rings. The molecule has 0 bridgehead atoms. The van der Waals surface area contributed by atoms with E-state index in [-0.39, 0.29) is 23.1 Å². The summed E-state index contributed by atoms with van der Waals surface area (Å²) < 4.78 is 4.92. The molecule has 3 rings (SSSR count). The Labute approximate surface area is 170 Å². The Morgan fingerprint density at radius 1 is 1.36 bits per heavy atom. The molecule has 2 aromatic rings. The fraction of sp³-hybridized carbons (Fsp3) is 0.524. The van der Waals surface area contributed by atoms with Crippen LogP contribution in [0.2, 0.25) is 5.02 Å². The minimum Gasteiger partial charge on any atom is -0.464 e. The van der Waals surface area contributed by atoms with Gasteiger partial charge in [-0.3, -0.25) is 9.69 Å². The van der Waals surface area contributed by atoms with E-state index in [9.17, 15) is 9.59 Å². The van der Waals surface area contributed by atoms with Crippen molar-refractivity contribution >= 4 is 40.1 Å². The highest BCUT2D eigenvalue weighted by Gasteiger charge is 2.34. The zero-order valence-corrected chi connectivity index (χ0v) is 17.9. The van der Waals surface area contributed by atoms with Crippen LogP contribution in [0.1, 0.15) is 44.1 Å². The minimum absolute atomic E-state index is 0.0660. The molecule has 0 spiro atoms. The maximum Gasteiger partial charge on any atom is 0.356 e. The minimum atomic E-state index is -0.520. The molecule has 7 heteroatoms. The molecule has 1 saturated heterocycles. The van der Waals surface area contributed by atoms with Crippen molar-refractivity contribution < 1.29 is 14.3 Å². The topological polar surface area (TPSA) is 65.6 Å². The first kappa shape index (κ1) is 20.7. The molecule has 1 aromatic carbocycles. The maximum atomic E-state index is 13.3. The van der Waals surface area contributed by atoms with Gasteiger partial charge in [0.15, 0.2) is 0 Å². The Bertz CT molecular complexity index is 906. The number of carbonyl (C=O) groups is 2. The van der Waals surface area contributed by atoms with E-state index in [1.165, 1.54) is 7.11 Å². The van der Waals surface area contributed by atoms with E-state index in [0.29, 0.717) is 10.7 Å². The van der Waals surface area contributed by atoms with Crippen LogP contribution in [0.5, 0.6) is 0 Å². The Morgan fingerprint density at radius 2 is 2.07 bits per heavy atom. The zero-order chi connectivity index (χ0) is 20.6. The van der Waals surface area contributed by atoms with Crippen molar-refractivity contribution in [3.63, 3.8) is 0 Å². The van der Waals surface area contributed by atoms with Crippen molar-refractivity contribution in [3.05, 3.63) is 28.9 Å². The second kappa shape index (κ2) is 7.76. The number of rotatable bonds is 4. The number of hydrogen-bond acceptors (Lipinski definition) is 4. The Balaban J connectivity index is 1.97. The summed E-state index contributed by atoms with van der Waals surface area (Å²) in [6, 6.07) is 5.00. The smallest absolute Gasteiger partial charge is 0.356 e. The van der Waals surface area contributed by atoms with E-state index in [0.717, 1.165) is 36.8 Å². The molecule has 1 N–H and O–H groups in total. The summed E-state index contributed by atoms with van der Waals surface area (Å²) in [5, 5.41) is 1.26. The van der Waals surface area contributed by atoms with Gasteiger partial charge in [0, 0.05) is 29.5 Å². The van der Waals surface area contributed by atoms with Gasteiger partial charge in [0.2, 0.25) is 5.91 Å². The standard InChI is InChI=1S/C21H28ClN3O3/c1-13(25-10-6-9-21(2,3)12-25)19(26)24(4)18-15-11-14(22)7-8-16(15)23-17(18)20(27)28-5/h7-8,11,13,23H,6,9-10,12H2,1-5H3. The predicted molar refractivity (Wildman–Crippen MR) is 112 cm³/mol. The van der Waals surface area contributed by atoms with Crippen molar-refractivity contribution in [2.24, 2.45) is 5.41 Å². The molecule has 2 heterocycles. The summed E-state index contributed by atoms with van der Waals surface area (Å²) in [5.41, 5.74) is 1.67. The van der Waals surface area contributed by atoms with E-state index in [1.807, 2.05) is 6.92 Å². The number of likely N-dealkylation sites (N-methyl/N-ethyl adjacent to an activating group) is 1. The first-order chi connectivity index (χ1) is 13.1. The number of nitrogens with zero attached hydrogens (tertiary/aromatic N) is 2. The van der Waals surface area contributed by atoms with E-state index in [4.69, 9.17) is 16.3 Å². The second-order valence-corrected chi connectivity index (χ2v) is 8.78. The average molecular weight is 406 g/mol. The van der Waals surface area contributed by atoms with E-state index in [1.54, 1.807) is 30.1 Å². The highest BCUT2D eigenvalue weighted by atomic mass is 35.5. The highest BCUT2D eigenvalue weighted by molar-refractivity contribution is 6.31. The Hall–Kier alpha value is -2.05. The van der Waals surface area contributed by atoms with Crippen LogP contribution in [0.25, 0.3) is 10.9 Å². The number of esters is 1. The lowest BCUT2D eigenvalue weighted by Crippen LogP contribution is -2.51. The number of benzene rings is 1. The summed E-state index contributed by atoms with van der Waals surface area (Å²) in [6.07, 6.45) is 2.23. The SMILES string of the molecule is COC(=O)c1[nH]c2ccc(Cl)cc2c1N(C)C(=O)C(C)N1CCCC(C)(C)C1. The molecule has 152 valence electrons. The molecule has 0 aliphatic carbocycles. The van der Waals surface area contributed by atoms with Gasteiger partial charge in [-0.05, 0) is 49.9 Å². The van der Waals surface area contributed by atoms with Gasteiger partial charge < -0.3 is 14.6 Å². The third-order valence-corrected chi connectivity index (χ3v) is 5.86. The van der Waals surface area contributed by atoms with E-state index < -0.39 is 5.97 Å². The molecular weight excluding hydrogens is 378 g/mol. The molecule has 0 radical (unpaired) electrons. The monoisotopic (exact) mass is 405 g/mol. The number of H-pyrrole nitrogens is 1. The first-order valence-corrected chi connectivity index (χ1v) is 9.93. The van der Waals surface area contributed by atoms with Gasteiger partial charge in [0.1, 0.15) is 5.69 Å². The highest BCUT2D eigenvalue weighted by Crippen LogP contribution is 2.34. The van der Waals surface area contributed by atoms with Gasteiger partial charge in [-0.25, -0.2) is 4.79 Å². The summed E-state index contributed by atoms with van der Waals surface area (Å²) in [6.45, 7) is 8.17. The van der Waals surface area contributed by atoms with Gasteiger partial charge in [0.25, 0.3) is 0 Å². The third kappa shape index (κ3) is 3.89. The molecule has 1 amide bonds. The lowest BCUT2D eigenvalue weighted by Gasteiger charge is -2.41. The van der Waals surface area contributed by atoms with Crippen LogP contribution in [0.15, 0.2) is 18.2 Å². The molecule has 0 saturated carbocycles. The number of fused-ring (bicyclic) bond motifs is 1. The number of piperidine rings is 1. The van der Waals surface area contributed by atoms with Gasteiger partial charge in [-0.15, -0.1) is 0 Å². The average Bonchev–Trinajstić information content (AvgIpc) is 3.03. The van der Waals surface area contributed by atoms with Crippen molar-refractivity contribution in [3.8, 4) is 0 Å². The summed E-state index contributed by atoms with van der Waals surface area (Å²) in [5.74, 6) is -0.586. The number of methoxy groups -OCH3 is 1. The van der Waals surface area contributed by atoms with Gasteiger partial charge in [-0.1, -0.05) is 25.4 Å². The van der Waals surface area contributed by atoms with Crippen molar-refractivity contribution in [2.75, 3.05) is 32.1 Å². The van der Waals surface area contributed by atoms with Crippen molar-refractivity contribution in [2.45, 2.75) is 39.7 Å². The number of aromatic nitrogens is 1. The predicted octanol–water partition coefficient (Wildman–Crippen LogP) is 4.08. The normalized spacial score (nSPS) is 18.1. The maximum absolute atomic E-state index is 13.3. The number of anilines is 1. The van der Waals surface area contributed by atoms with Gasteiger partial charge in [-0.2, -0.15) is 0 Å². The zero-order valence-electron chi connectivity index (χ0n) is 17.1. The van der Waals surface area contributed by atoms with E-state index in [2.05, 4.69) is 23.7 Å². The number of amides is 1. The summed E-state index contributed by atoms with van der Waals surface area (Å²) >= 11 is 6.17. The molecule has 1 atom stereocenters. The van der Waals surface area contributed by atoms with Gasteiger partial charge in [0.05, 0.1) is 18.8 Å². The lowest BCUT2D eigenvalue weighted by molar-refractivity contribution is -0.124. The second-order valence-electron chi connectivity index (χ2n) is 8.34. The number of hydrogen-bond donors (Lipinski definition) is 1. The number of halogens is 1. The third-order valence-electron chi connectivity index (χ3n) is 5.62. The molecular formula is C21H28ClN3O3. The molecule has 1 unspecified atom stereocenters. The van der Waals surface area contributed by atoms with Crippen LogP contribution in [-0.4, -0.2) is 55.0 Å². The quantitative estimate of drug-likeness (QED) is 0.778. The molecule has 6 nitrogen and oxygen atoms in total. The van der Waals surface area contributed by atoms with Crippen molar-refractivity contribution in [1.82, 2.24) is 9.88 Å². The van der Waals surface area contributed by atoms with E-state index >= 15 is 0 Å². The lowest BCUT2D eigenvalue weighted by atomic mass is 9.83. The Kier molecular flexibility index (Phi) is 5.73. The molecule has 28 heavy (non-hydrogen) atoms. The van der Waals surface area contributed by atoms with Crippen LogP contribution >= 0.6 is 11.6 Å². The first-order valence-electron chi connectivity index (χ1n) is 9.56. The largest absolute Gasteiger partial charge is 0.464 e.